The highest BCUT2D eigenvalue weighted by molar-refractivity contribution is 5.76. The first-order valence-electron chi connectivity index (χ1n) is 5.61. The van der Waals surface area contributed by atoms with E-state index in [2.05, 4.69) is 10.2 Å². The molecule has 2 fully saturated rings. The minimum atomic E-state index is 0.117. The van der Waals surface area contributed by atoms with Gasteiger partial charge in [-0.3, -0.25) is 0 Å². The van der Waals surface area contributed by atoms with Crippen molar-refractivity contribution in [1.29, 1.82) is 0 Å². The largest absolute Gasteiger partial charge is 0.336 e. The molecule has 2 aliphatic rings. The molecule has 0 aromatic heterocycles. The fraction of sp³-hybridized carbons (Fsp3) is 0.900. The summed E-state index contributed by atoms with van der Waals surface area (Å²) in [5.74, 6) is 0. The molecule has 0 atom stereocenters. The van der Waals surface area contributed by atoms with Crippen LogP contribution in [0.4, 0.5) is 4.79 Å². The van der Waals surface area contributed by atoms with Crippen LogP contribution in [0, 0.1) is 0 Å². The van der Waals surface area contributed by atoms with E-state index in [1.165, 1.54) is 25.9 Å². The van der Waals surface area contributed by atoms with Crippen LogP contribution in [0.25, 0.3) is 0 Å². The van der Waals surface area contributed by atoms with Gasteiger partial charge in [-0.2, -0.15) is 0 Å². The van der Waals surface area contributed by atoms with Crippen LogP contribution in [0.15, 0.2) is 0 Å². The van der Waals surface area contributed by atoms with Gasteiger partial charge in [-0.1, -0.05) is 0 Å². The molecule has 80 valence electrons. The summed E-state index contributed by atoms with van der Waals surface area (Å²) in [7, 11) is 0. The number of hydrogen-bond acceptors (Lipinski definition) is 2. The van der Waals surface area contributed by atoms with Gasteiger partial charge >= 0.3 is 6.03 Å². The molecule has 2 rings (SSSR count). The van der Waals surface area contributed by atoms with E-state index in [1.54, 1.807) is 0 Å². The molecule has 2 heterocycles. The summed E-state index contributed by atoms with van der Waals surface area (Å²) in [6, 6.07) is 0.117. The van der Waals surface area contributed by atoms with Gasteiger partial charge in [-0.05, 0) is 38.9 Å². The lowest BCUT2D eigenvalue weighted by Gasteiger charge is -2.17. The molecule has 4 nitrogen and oxygen atoms in total. The Hall–Kier alpha value is -0.770. The Morgan fingerprint density at radius 2 is 1.93 bits per heavy atom. The number of amides is 2. The van der Waals surface area contributed by atoms with Crippen LogP contribution in [0.1, 0.15) is 19.3 Å². The first-order chi connectivity index (χ1) is 6.86. The molecule has 0 saturated carbocycles. The van der Waals surface area contributed by atoms with Crippen molar-refractivity contribution >= 4 is 6.03 Å². The minimum absolute atomic E-state index is 0.117. The highest BCUT2D eigenvalue weighted by Crippen LogP contribution is 2.08. The predicted molar refractivity (Wildman–Crippen MR) is 55.3 cm³/mol. The zero-order chi connectivity index (χ0) is 9.80. The second-order valence-corrected chi connectivity index (χ2v) is 4.12. The molecule has 1 N–H and O–H groups in total. The number of carbonyl (C=O) groups is 1. The number of nitrogens with one attached hydrogen (secondary N) is 1. The molecule has 0 bridgehead atoms. The summed E-state index contributed by atoms with van der Waals surface area (Å²) in [5, 5.41) is 2.82. The molecule has 2 saturated heterocycles. The van der Waals surface area contributed by atoms with Crippen molar-refractivity contribution in [3.63, 3.8) is 0 Å². The van der Waals surface area contributed by atoms with Gasteiger partial charge in [0.05, 0.1) is 0 Å². The van der Waals surface area contributed by atoms with Gasteiger partial charge in [0.1, 0.15) is 0 Å². The zero-order valence-electron chi connectivity index (χ0n) is 8.67. The van der Waals surface area contributed by atoms with Crippen LogP contribution in [-0.4, -0.2) is 55.1 Å². The Morgan fingerprint density at radius 1 is 1.14 bits per heavy atom. The molecule has 4 heteroatoms. The summed E-state index contributed by atoms with van der Waals surface area (Å²) < 4.78 is 0. The normalized spacial score (nSPS) is 23.1. The molecule has 14 heavy (non-hydrogen) atoms. The van der Waals surface area contributed by atoms with E-state index in [0.717, 1.165) is 32.6 Å². The average Bonchev–Trinajstić information content (AvgIpc) is 2.78. The molecule has 0 radical (unpaired) electrons. The van der Waals surface area contributed by atoms with E-state index in [4.69, 9.17) is 0 Å². The van der Waals surface area contributed by atoms with E-state index < -0.39 is 0 Å². The molecule has 0 aromatic carbocycles. The van der Waals surface area contributed by atoms with E-state index in [1.807, 2.05) is 4.90 Å². The van der Waals surface area contributed by atoms with Crippen LogP contribution in [-0.2, 0) is 0 Å². The van der Waals surface area contributed by atoms with Gasteiger partial charge < -0.3 is 15.1 Å². The van der Waals surface area contributed by atoms with Crippen LogP contribution in [0.3, 0.4) is 0 Å². The van der Waals surface area contributed by atoms with Gasteiger partial charge in [0.2, 0.25) is 0 Å². The molecule has 0 aromatic rings. The van der Waals surface area contributed by atoms with Crippen molar-refractivity contribution in [2.45, 2.75) is 19.3 Å². The Morgan fingerprint density at radius 3 is 2.57 bits per heavy atom. The number of urea groups is 1. The van der Waals surface area contributed by atoms with E-state index >= 15 is 0 Å². The van der Waals surface area contributed by atoms with Gasteiger partial charge in [-0.15, -0.1) is 0 Å². The Kier molecular flexibility index (Phi) is 3.24. The first kappa shape index (κ1) is 9.77. The quantitative estimate of drug-likeness (QED) is 0.712. The van der Waals surface area contributed by atoms with Crippen molar-refractivity contribution < 1.29 is 4.79 Å². The molecule has 2 aliphatic heterocycles. The number of rotatable bonds is 4. The lowest BCUT2D eigenvalue weighted by atomic mass is 10.3. The lowest BCUT2D eigenvalue weighted by molar-refractivity contribution is 0.213. The predicted octanol–water partition coefficient (Wildman–Crippen LogP) is 0.498. The standard InChI is InChI=1S/C10H19N3O/c14-10-11-4-9-13(10)8-3-7-12-5-1-2-6-12/h1-9H2,(H,11,14). The molecular weight excluding hydrogens is 178 g/mol. The fourth-order valence-electron chi connectivity index (χ4n) is 2.22. The summed E-state index contributed by atoms with van der Waals surface area (Å²) >= 11 is 0. The van der Waals surface area contributed by atoms with Crippen LogP contribution >= 0.6 is 0 Å². The van der Waals surface area contributed by atoms with Crippen LogP contribution in [0.2, 0.25) is 0 Å². The Balaban J connectivity index is 1.60. The van der Waals surface area contributed by atoms with E-state index in [-0.39, 0.29) is 6.03 Å². The fourth-order valence-corrected chi connectivity index (χ4v) is 2.22. The second kappa shape index (κ2) is 4.64. The summed E-state index contributed by atoms with van der Waals surface area (Å²) in [5.41, 5.74) is 0. The number of hydrogen-bond donors (Lipinski definition) is 1. The average molecular weight is 197 g/mol. The van der Waals surface area contributed by atoms with Crippen molar-refractivity contribution in [1.82, 2.24) is 15.1 Å². The summed E-state index contributed by atoms with van der Waals surface area (Å²) in [6.07, 6.45) is 3.82. The highest BCUT2D eigenvalue weighted by Gasteiger charge is 2.19. The molecule has 2 amide bonds. The molecule has 0 aliphatic carbocycles. The zero-order valence-corrected chi connectivity index (χ0v) is 8.67. The van der Waals surface area contributed by atoms with Gasteiger partial charge in [0.25, 0.3) is 0 Å². The van der Waals surface area contributed by atoms with Crippen molar-refractivity contribution in [3.05, 3.63) is 0 Å². The van der Waals surface area contributed by atoms with E-state index in [9.17, 15) is 4.79 Å². The number of carbonyl (C=O) groups excluding carboxylic acids is 1. The lowest BCUT2D eigenvalue weighted by Crippen LogP contribution is -2.31. The minimum Gasteiger partial charge on any atom is -0.336 e. The third kappa shape index (κ3) is 2.38. The van der Waals surface area contributed by atoms with E-state index in [0.29, 0.717) is 0 Å². The van der Waals surface area contributed by atoms with Gasteiger partial charge in [-0.25, -0.2) is 4.79 Å². The Bertz CT molecular complexity index is 202. The van der Waals surface area contributed by atoms with Crippen LogP contribution < -0.4 is 5.32 Å². The monoisotopic (exact) mass is 197 g/mol. The van der Waals surface area contributed by atoms with Gasteiger partial charge in [0.15, 0.2) is 0 Å². The second-order valence-electron chi connectivity index (χ2n) is 4.12. The first-order valence-corrected chi connectivity index (χ1v) is 5.61. The highest BCUT2D eigenvalue weighted by atomic mass is 16.2. The third-order valence-corrected chi connectivity index (χ3v) is 3.05. The summed E-state index contributed by atoms with van der Waals surface area (Å²) in [4.78, 5) is 15.6. The molecular formula is C10H19N3O. The Labute approximate surface area is 85.2 Å². The SMILES string of the molecule is O=C1NCCN1CCCN1CCCC1. The van der Waals surface area contributed by atoms with Crippen molar-refractivity contribution in [2.24, 2.45) is 0 Å². The number of likely N-dealkylation sites (tertiary alicyclic amines) is 1. The maximum absolute atomic E-state index is 11.2. The third-order valence-electron chi connectivity index (χ3n) is 3.05. The number of nitrogens with zero attached hydrogens (tertiary/aromatic N) is 2. The van der Waals surface area contributed by atoms with Crippen molar-refractivity contribution in [2.75, 3.05) is 39.3 Å². The van der Waals surface area contributed by atoms with Crippen LogP contribution in [0.5, 0.6) is 0 Å². The molecule has 0 spiro atoms. The van der Waals surface area contributed by atoms with Crippen molar-refractivity contribution in [3.8, 4) is 0 Å². The van der Waals surface area contributed by atoms with Gasteiger partial charge in [0, 0.05) is 19.6 Å². The smallest absolute Gasteiger partial charge is 0.317 e. The maximum atomic E-state index is 11.2. The summed E-state index contributed by atoms with van der Waals surface area (Å²) in [6.45, 7) is 6.30. The maximum Gasteiger partial charge on any atom is 0.317 e. The topological polar surface area (TPSA) is 35.6 Å². The molecule has 0 unspecified atom stereocenters.